The first-order valence-electron chi connectivity index (χ1n) is 8.57. The molecule has 0 aromatic heterocycles. The Labute approximate surface area is 152 Å². The van der Waals surface area contributed by atoms with E-state index in [-0.39, 0.29) is 18.4 Å². The predicted molar refractivity (Wildman–Crippen MR) is 98.4 cm³/mol. The van der Waals surface area contributed by atoms with Crippen LogP contribution in [0.1, 0.15) is 22.3 Å². The number of anilines is 1. The van der Waals surface area contributed by atoms with E-state index in [4.69, 9.17) is 9.47 Å². The highest BCUT2D eigenvalue weighted by Crippen LogP contribution is 2.34. The number of nitrogens with one attached hydrogen (secondary N) is 1. The molecular formula is C20H22N2O4. The molecule has 136 valence electrons. The van der Waals surface area contributed by atoms with Crippen molar-refractivity contribution in [1.29, 1.82) is 0 Å². The van der Waals surface area contributed by atoms with Crippen molar-refractivity contribution in [1.82, 2.24) is 5.32 Å². The van der Waals surface area contributed by atoms with Crippen LogP contribution in [0.15, 0.2) is 48.5 Å². The van der Waals surface area contributed by atoms with Gasteiger partial charge in [-0.25, -0.2) is 0 Å². The van der Waals surface area contributed by atoms with E-state index in [0.29, 0.717) is 36.7 Å². The van der Waals surface area contributed by atoms with Crippen LogP contribution in [0, 0.1) is 0 Å². The Morgan fingerprint density at radius 3 is 2.81 bits per heavy atom. The highest BCUT2D eigenvalue weighted by molar-refractivity contribution is 6.01. The van der Waals surface area contributed by atoms with Crippen LogP contribution in [0.2, 0.25) is 0 Å². The van der Waals surface area contributed by atoms with Gasteiger partial charge in [-0.05, 0) is 30.2 Å². The largest absolute Gasteiger partial charge is 0.482 e. The summed E-state index contributed by atoms with van der Waals surface area (Å²) in [6.07, 6.45) is 0.745. The number of fused-ring (bicyclic) bond motifs is 1. The van der Waals surface area contributed by atoms with E-state index in [1.54, 1.807) is 30.2 Å². The summed E-state index contributed by atoms with van der Waals surface area (Å²) >= 11 is 0. The second-order valence-corrected chi connectivity index (χ2v) is 6.04. The molecule has 0 fully saturated rings. The molecule has 0 atom stereocenters. The highest BCUT2D eigenvalue weighted by atomic mass is 16.5. The van der Waals surface area contributed by atoms with E-state index in [1.807, 2.05) is 30.3 Å². The highest BCUT2D eigenvalue weighted by Gasteiger charge is 2.26. The lowest BCUT2D eigenvalue weighted by molar-refractivity contribution is -0.121. The molecule has 0 saturated carbocycles. The molecule has 2 amide bonds. The summed E-state index contributed by atoms with van der Waals surface area (Å²) in [5.41, 5.74) is 2.13. The molecule has 0 bridgehead atoms. The summed E-state index contributed by atoms with van der Waals surface area (Å²) < 4.78 is 10.5. The van der Waals surface area contributed by atoms with Crippen LogP contribution >= 0.6 is 0 Å². The maximum Gasteiger partial charge on any atom is 0.265 e. The monoisotopic (exact) mass is 354 g/mol. The molecule has 2 aromatic rings. The van der Waals surface area contributed by atoms with Gasteiger partial charge in [0.05, 0.1) is 12.2 Å². The first-order chi connectivity index (χ1) is 12.7. The van der Waals surface area contributed by atoms with Crippen molar-refractivity contribution < 1.29 is 19.1 Å². The topological polar surface area (TPSA) is 67.9 Å². The first-order valence-corrected chi connectivity index (χ1v) is 8.57. The van der Waals surface area contributed by atoms with Gasteiger partial charge in [0.2, 0.25) is 0 Å². The Morgan fingerprint density at radius 2 is 2.04 bits per heavy atom. The summed E-state index contributed by atoms with van der Waals surface area (Å²) in [6, 6.07) is 14.9. The number of benzene rings is 2. The molecular weight excluding hydrogens is 332 g/mol. The van der Waals surface area contributed by atoms with Gasteiger partial charge in [0, 0.05) is 25.8 Å². The third kappa shape index (κ3) is 4.21. The summed E-state index contributed by atoms with van der Waals surface area (Å²) in [6.45, 7) is 1.57. The minimum atomic E-state index is -0.179. The summed E-state index contributed by atoms with van der Waals surface area (Å²) in [4.78, 5) is 26.4. The molecule has 6 nitrogen and oxygen atoms in total. The lowest BCUT2D eigenvalue weighted by Crippen LogP contribution is -2.38. The normalized spacial score (nSPS) is 13.1. The number of carbonyl (C=O) groups excluding carboxylic acids is 2. The fourth-order valence-corrected chi connectivity index (χ4v) is 2.80. The summed E-state index contributed by atoms with van der Waals surface area (Å²) in [7, 11) is 1.63. The van der Waals surface area contributed by atoms with Crippen LogP contribution in [0.4, 0.5) is 5.69 Å². The van der Waals surface area contributed by atoms with Crippen molar-refractivity contribution in [3.8, 4) is 5.75 Å². The Kier molecular flexibility index (Phi) is 5.86. The van der Waals surface area contributed by atoms with Gasteiger partial charge in [0.25, 0.3) is 11.8 Å². The van der Waals surface area contributed by atoms with Gasteiger partial charge in [-0.2, -0.15) is 0 Å². The quantitative estimate of drug-likeness (QED) is 0.775. The van der Waals surface area contributed by atoms with Gasteiger partial charge in [-0.1, -0.05) is 30.3 Å². The number of nitrogens with zero attached hydrogens (tertiary/aromatic N) is 1. The van der Waals surface area contributed by atoms with Gasteiger partial charge in [-0.15, -0.1) is 0 Å². The molecule has 0 spiro atoms. The van der Waals surface area contributed by atoms with E-state index >= 15 is 0 Å². The first kappa shape index (κ1) is 17.9. The van der Waals surface area contributed by atoms with Crippen LogP contribution in [0.3, 0.4) is 0 Å². The van der Waals surface area contributed by atoms with E-state index in [0.717, 1.165) is 12.0 Å². The van der Waals surface area contributed by atoms with Crippen molar-refractivity contribution in [3.05, 3.63) is 59.7 Å². The number of carbonyl (C=O) groups is 2. The van der Waals surface area contributed by atoms with Gasteiger partial charge in [0.15, 0.2) is 6.61 Å². The lowest BCUT2D eigenvalue weighted by atomic mass is 10.1. The third-order valence-corrected chi connectivity index (χ3v) is 4.16. The van der Waals surface area contributed by atoms with Gasteiger partial charge < -0.3 is 19.7 Å². The molecule has 0 saturated heterocycles. The number of ether oxygens (including phenoxy) is 2. The molecule has 0 unspecified atom stereocenters. The van der Waals surface area contributed by atoms with E-state index < -0.39 is 0 Å². The Bertz CT molecular complexity index is 777. The molecule has 1 heterocycles. The van der Waals surface area contributed by atoms with Crippen molar-refractivity contribution in [3.63, 3.8) is 0 Å². The van der Waals surface area contributed by atoms with Gasteiger partial charge in [-0.3, -0.25) is 9.59 Å². The SMILES string of the molecule is COCCCNC(=O)c1ccc2c(c1)N(Cc1ccccc1)C(=O)CO2. The number of rotatable bonds is 7. The van der Waals surface area contributed by atoms with Crippen LogP contribution in [-0.4, -0.2) is 38.7 Å². The van der Waals surface area contributed by atoms with Gasteiger partial charge in [0.1, 0.15) is 5.75 Å². The molecule has 3 rings (SSSR count). The van der Waals surface area contributed by atoms with E-state index in [1.165, 1.54) is 0 Å². The molecule has 1 aliphatic rings. The Morgan fingerprint density at radius 1 is 1.23 bits per heavy atom. The van der Waals surface area contributed by atoms with E-state index in [9.17, 15) is 9.59 Å². The zero-order valence-corrected chi connectivity index (χ0v) is 14.7. The number of hydrogen-bond donors (Lipinski definition) is 1. The average Bonchev–Trinajstić information content (AvgIpc) is 2.68. The smallest absolute Gasteiger partial charge is 0.265 e. The zero-order chi connectivity index (χ0) is 18.4. The summed E-state index contributed by atoms with van der Waals surface area (Å²) in [5.74, 6) is 0.303. The van der Waals surface area contributed by atoms with Crippen molar-refractivity contribution in [2.75, 3.05) is 31.8 Å². The second kappa shape index (κ2) is 8.49. The van der Waals surface area contributed by atoms with Crippen LogP contribution in [-0.2, 0) is 16.1 Å². The molecule has 1 N–H and O–H groups in total. The second-order valence-electron chi connectivity index (χ2n) is 6.04. The molecule has 6 heteroatoms. The molecule has 2 aromatic carbocycles. The molecule has 0 radical (unpaired) electrons. The Hall–Kier alpha value is -2.86. The molecule has 0 aliphatic carbocycles. The maximum absolute atomic E-state index is 12.4. The zero-order valence-electron chi connectivity index (χ0n) is 14.7. The fourth-order valence-electron chi connectivity index (χ4n) is 2.80. The number of hydrogen-bond acceptors (Lipinski definition) is 4. The minimum Gasteiger partial charge on any atom is -0.482 e. The number of methoxy groups -OCH3 is 1. The van der Waals surface area contributed by atoms with Crippen molar-refractivity contribution >= 4 is 17.5 Å². The maximum atomic E-state index is 12.4. The fraction of sp³-hybridized carbons (Fsp3) is 0.300. The standard InChI is InChI=1S/C20H22N2O4/c1-25-11-5-10-21-20(24)16-8-9-18-17(12-16)22(19(23)14-26-18)13-15-6-3-2-4-7-15/h2-4,6-9,12H,5,10-11,13-14H2,1H3,(H,21,24). The van der Waals surface area contributed by atoms with Crippen LogP contribution in [0.25, 0.3) is 0 Å². The number of amides is 2. The third-order valence-electron chi connectivity index (χ3n) is 4.16. The van der Waals surface area contributed by atoms with Crippen LogP contribution < -0.4 is 15.0 Å². The molecule has 1 aliphatic heterocycles. The van der Waals surface area contributed by atoms with Gasteiger partial charge >= 0.3 is 0 Å². The van der Waals surface area contributed by atoms with E-state index in [2.05, 4.69) is 5.32 Å². The van der Waals surface area contributed by atoms with Crippen LogP contribution in [0.5, 0.6) is 5.75 Å². The average molecular weight is 354 g/mol. The summed E-state index contributed by atoms with van der Waals surface area (Å²) in [5, 5.41) is 2.85. The predicted octanol–water partition coefficient (Wildman–Crippen LogP) is 2.38. The lowest BCUT2D eigenvalue weighted by Gasteiger charge is -2.29. The molecule has 26 heavy (non-hydrogen) atoms. The minimum absolute atomic E-state index is 0.00238. The Balaban J connectivity index is 1.79. The van der Waals surface area contributed by atoms with Crippen molar-refractivity contribution in [2.45, 2.75) is 13.0 Å². The van der Waals surface area contributed by atoms with Crippen molar-refractivity contribution in [2.24, 2.45) is 0 Å².